The minimum atomic E-state index is -1.03. The van der Waals surface area contributed by atoms with Crippen LogP contribution >= 0.6 is 0 Å². The maximum atomic E-state index is 11.5. The van der Waals surface area contributed by atoms with Gasteiger partial charge in [-0.1, -0.05) is 42.3 Å². The molecule has 2 N–H and O–H groups in total. The molecule has 0 amide bonds. The lowest BCUT2D eigenvalue weighted by molar-refractivity contribution is -0.00344. The molecule has 28 heavy (non-hydrogen) atoms. The first-order valence-corrected chi connectivity index (χ1v) is 10.1. The van der Waals surface area contributed by atoms with Crippen molar-refractivity contribution in [2.75, 3.05) is 0 Å². The molecule has 2 aromatic carbocycles. The molecule has 3 atom stereocenters. The summed E-state index contributed by atoms with van der Waals surface area (Å²) in [6, 6.07) is 16.1. The summed E-state index contributed by atoms with van der Waals surface area (Å²) >= 11 is 0. The highest BCUT2D eigenvalue weighted by Crippen LogP contribution is 2.53. The number of carboxylic acid groups (broad SMARTS) is 1. The summed E-state index contributed by atoms with van der Waals surface area (Å²) in [5.41, 5.74) is 2.87. The predicted molar refractivity (Wildman–Crippen MR) is 109 cm³/mol. The van der Waals surface area contributed by atoms with Crippen LogP contribution in [0, 0.1) is 18.3 Å². The molecule has 0 radical (unpaired) electrons. The Labute approximate surface area is 166 Å². The third kappa shape index (κ3) is 3.23. The average Bonchev–Trinajstić information content (AvgIpc) is 2.85. The zero-order valence-electron chi connectivity index (χ0n) is 16.0. The molecule has 1 fully saturated rings. The van der Waals surface area contributed by atoms with Crippen molar-refractivity contribution < 1.29 is 15.0 Å². The molecule has 0 unspecified atom stereocenters. The summed E-state index contributed by atoms with van der Waals surface area (Å²) < 4.78 is 0. The fourth-order valence-corrected chi connectivity index (χ4v) is 5.45. The van der Waals surface area contributed by atoms with Crippen LogP contribution in [0.25, 0.3) is 0 Å². The highest BCUT2D eigenvalue weighted by atomic mass is 16.4. The van der Waals surface area contributed by atoms with Crippen LogP contribution in [0.5, 0.6) is 0 Å². The van der Waals surface area contributed by atoms with E-state index in [2.05, 4.69) is 30.2 Å². The molecule has 144 valence electrons. The topological polar surface area (TPSA) is 57.5 Å². The Hall–Kier alpha value is -2.57. The normalized spacial score (nSPS) is 29.1. The molecule has 1 saturated carbocycles. The SMILES string of the molecule is C#C[C@@]1(O)CC[C@]2(Cc3ccccc3)c3ccc(C(=O)O)cc3CCC[C@@H]2C1. The van der Waals surface area contributed by atoms with Gasteiger partial charge in [-0.25, -0.2) is 4.79 Å². The average molecular weight is 374 g/mol. The van der Waals surface area contributed by atoms with Crippen molar-refractivity contribution in [2.45, 2.75) is 56.0 Å². The van der Waals surface area contributed by atoms with Gasteiger partial charge in [-0.3, -0.25) is 0 Å². The van der Waals surface area contributed by atoms with E-state index in [-0.39, 0.29) is 11.3 Å². The number of carbonyl (C=O) groups is 1. The van der Waals surface area contributed by atoms with Crippen molar-refractivity contribution in [3.8, 4) is 12.3 Å². The molecule has 0 aliphatic heterocycles. The third-order valence-electron chi connectivity index (χ3n) is 6.87. The lowest BCUT2D eigenvalue weighted by atomic mass is 9.56. The van der Waals surface area contributed by atoms with Gasteiger partial charge in [0.2, 0.25) is 0 Å². The third-order valence-corrected chi connectivity index (χ3v) is 6.87. The molecule has 3 heteroatoms. The van der Waals surface area contributed by atoms with E-state index in [1.807, 2.05) is 18.2 Å². The number of aliphatic hydroxyl groups is 1. The van der Waals surface area contributed by atoms with Crippen molar-refractivity contribution in [2.24, 2.45) is 5.92 Å². The monoisotopic (exact) mass is 374 g/mol. The number of aryl methyl sites for hydroxylation is 1. The van der Waals surface area contributed by atoms with Crippen LogP contribution in [0.15, 0.2) is 48.5 Å². The molecule has 2 aliphatic rings. The molecule has 2 aliphatic carbocycles. The molecule has 0 spiro atoms. The van der Waals surface area contributed by atoms with E-state index < -0.39 is 11.6 Å². The lowest BCUT2D eigenvalue weighted by Gasteiger charge is -2.49. The molecule has 3 nitrogen and oxygen atoms in total. The zero-order valence-corrected chi connectivity index (χ0v) is 16.0. The van der Waals surface area contributed by atoms with Crippen LogP contribution < -0.4 is 0 Å². The van der Waals surface area contributed by atoms with Crippen LogP contribution in [0.3, 0.4) is 0 Å². The Bertz CT molecular complexity index is 927. The molecular weight excluding hydrogens is 348 g/mol. The summed E-state index contributed by atoms with van der Waals surface area (Å²) in [5.74, 6) is 2.03. The summed E-state index contributed by atoms with van der Waals surface area (Å²) in [4.78, 5) is 11.5. The first kappa shape index (κ1) is 18.8. The lowest BCUT2D eigenvalue weighted by Crippen LogP contribution is -2.48. The van der Waals surface area contributed by atoms with E-state index in [0.29, 0.717) is 18.4 Å². The molecule has 0 heterocycles. The van der Waals surface area contributed by atoms with Gasteiger partial charge in [0.25, 0.3) is 0 Å². The Balaban J connectivity index is 1.84. The second kappa shape index (κ2) is 7.11. The van der Waals surface area contributed by atoms with Gasteiger partial charge in [-0.05, 0) is 79.7 Å². The number of rotatable bonds is 3. The number of hydrogen-bond acceptors (Lipinski definition) is 2. The summed E-state index contributed by atoms with van der Waals surface area (Å²) in [6.07, 6.45) is 11.4. The van der Waals surface area contributed by atoms with Crippen LogP contribution in [-0.2, 0) is 18.3 Å². The maximum absolute atomic E-state index is 11.5. The largest absolute Gasteiger partial charge is 0.478 e. The molecular formula is C25H26O3. The van der Waals surface area contributed by atoms with Gasteiger partial charge in [0.1, 0.15) is 5.60 Å². The van der Waals surface area contributed by atoms with Gasteiger partial charge in [-0.15, -0.1) is 6.42 Å². The van der Waals surface area contributed by atoms with Gasteiger partial charge < -0.3 is 10.2 Å². The maximum Gasteiger partial charge on any atom is 0.335 e. The fraction of sp³-hybridized carbons (Fsp3) is 0.400. The Morgan fingerprint density at radius 2 is 1.96 bits per heavy atom. The molecule has 2 aromatic rings. The van der Waals surface area contributed by atoms with Crippen LogP contribution in [0.4, 0.5) is 0 Å². The Kier molecular flexibility index (Phi) is 4.77. The predicted octanol–water partition coefficient (Wildman–Crippen LogP) is 4.37. The summed E-state index contributed by atoms with van der Waals surface area (Å²) in [6.45, 7) is 0. The van der Waals surface area contributed by atoms with Gasteiger partial charge in [0.05, 0.1) is 5.56 Å². The van der Waals surface area contributed by atoms with Crippen LogP contribution in [0.1, 0.15) is 59.2 Å². The van der Waals surface area contributed by atoms with Crippen molar-refractivity contribution in [1.82, 2.24) is 0 Å². The van der Waals surface area contributed by atoms with Crippen molar-refractivity contribution in [1.29, 1.82) is 0 Å². The minimum Gasteiger partial charge on any atom is -0.478 e. The van der Waals surface area contributed by atoms with Crippen molar-refractivity contribution in [3.05, 3.63) is 70.8 Å². The summed E-state index contributed by atoms with van der Waals surface area (Å²) in [7, 11) is 0. The quantitative estimate of drug-likeness (QED) is 0.785. The van der Waals surface area contributed by atoms with E-state index in [4.69, 9.17) is 6.42 Å². The zero-order chi connectivity index (χ0) is 19.8. The standard InChI is InChI=1S/C25H26O3/c1-2-24(28)13-14-25(16-18-7-4-3-5-8-18)21(17-24)10-6-9-19-15-20(23(26)27)11-12-22(19)25/h1,3-5,7-8,11-12,15,21,28H,6,9-10,13-14,16-17H2,(H,26,27)/t21-,24-,25-/m1/s1. The number of hydrogen-bond donors (Lipinski definition) is 2. The second-order valence-corrected chi connectivity index (χ2v) is 8.46. The number of aromatic carboxylic acids is 1. The first-order valence-electron chi connectivity index (χ1n) is 10.1. The van der Waals surface area contributed by atoms with E-state index in [1.165, 1.54) is 11.1 Å². The second-order valence-electron chi connectivity index (χ2n) is 8.46. The smallest absolute Gasteiger partial charge is 0.335 e. The highest BCUT2D eigenvalue weighted by Gasteiger charge is 2.50. The van der Waals surface area contributed by atoms with Crippen molar-refractivity contribution >= 4 is 5.97 Å². The molecule has 0 bridgehead atoms. The number of terminal acetylenes is 1. The molecule has 0 saturated heterocycles. The van der Waals surface area contributed by atoms with Gasteiger partial charge in [0.15, 0.2) is 0 Å². The summed E-state index contributed by atoms with van der Waals surface area (Å²) in [5, 5.41) is 20.3. The number of carboxylic acids is 1. The van der Waals surface area contributed by atoms with Gasteiger partial charge >= 0.3 is 5.97 Å². The fourth-order valence-electron chi connectivity index (χ4n) is 5.45. The van der Waals surface area contributed by atoms with Crippen LogP contribution in [0.2, 0.25) is 0 Å². The van der Waals surface area contributed by atoms with Gasteiger partial charge in [0, 0.05) is 5.41 Å². The van der Waals surface area contributed by atoms with E-state index in [1.54, 1.807) is 6.07 Å². The Morgan fingerprint density at radius 3 is 2.68 bits per heavy atom. The molecule has 4 rings (SSSR count). The highest BCUT2D eigenvalue weighted by molar-refractivity contribution is 5.88. The van der Waals surface area contributed by atoms with E-state index in [9.17, 15) is 15.0 Å². The first-order chi connectivity index (χ1) is 13.5. The number of benzene rings is 2. The minimum absolute atomic E-state index is 0.118. The van der Waals surface area contributed by atoms with Crippen LogP contribution in [-0.4, -0.2) is 21.8 Å². The van der Waals surface area contributed by atoms with E-state index >= 15 is 0 Å². The van der Waals surface area contributed by atoms with Crippen molar-refractivity contribution in [3.63, 3.8) is 0 Å². The van der Waals surface area contributed by atoms with E-state index in [0.717, 1.165) is 37.7 Å². The number of fused-ring (bicyclic) bond motifs is 3. The van der Waals surface area contributed by atoms with Gasteiger partial charge in [-0.2, -0.15) is 0 Å². The molecule has 0 aromatic heterocycles. The Morgan fingerprint density at radius 1 is 1.18 bits per heavy atom.